The van der Waals surface area contributed by atoms with Gasteiger partial charge < -0.3 is 10.5 Å². The van der Waals surface area contributed by atoms with Crippen LogP contribution in [0.3, 0.4) is 0 Å². The predicted molar refractivity (Wildman–Crippen MR) is 58.6 cm³/mol. The van der Waals surface area contributed by atoms with Gasteiger partial charge in [-0.25, -0.2) is 0 Å². The molecule has 3 N–H and O–H groups in total. The second-order valence-corrected chi connectivity index (χ2v) is 3.52. The molecule has 0 aliphatic heterocycles. The number of halogens is 1. The van der Waals surface area contributed by atoms with Crippen LogP contribution in [0.5, 0.6) is 5.75 Å². The standard InChI is InChI=1S/C10H15ClN2O/c1-7(12)10(13-2)14-9-6-4-3-5-8(9)11/h3-7,10,13H,12H2,1-2H3/t7?,10-/m1/s1. The molecule has 0 bridgehead atoms. The number of rotatable bonds is 4. The molecule has 78 valence electrons. The molecular weight excluding hydrogens is 200 g/mol. The van der Waals surface area contributed by atoms with Crippen molar-refractivity contribution in [3.8, 4) is 5.75 Å². The molecule has 1 rings (SSSR count). The highest BCUT2D eigenvalue weighted by Gasteiger charge is 2.13. The zero-order valence-electron chi connectivity index (χ0n) is 8.33. The van der Waals surface area contributed by atoms with Gasteiger partial charge in [-0.05, 0) is 26.1 Å². The summed E-state index contributed by atoms with van der Waals surface area (Å²) >= 11 is 5.94. The van der Waals surface area contributed by atoms with E-state index in [1.54, 1.807) is 13.1 Å². The minimum absolute atomic E-state index is 0.101. The van der Waals surface area contributed by atoms with E-state index in [1.807, 2.05) is 25.1 Å². The van der Waals surface area contributed by atoms with Crippen molar-refractivity contribution in [1.82, 2.24) is 5.32 Å². The summed E-state index contributed by atoms with van der Waals surface area (Å²) in [5.74, 6) is 0.644. The number of nitrogens with two attached hydrogens (primary N) is 1. The zero-order valence-corrected chi connectivity index (χ0v) is 9.08. The fourth-order valence-electron chi connectivity index (χ4n) is 1.11. The average molecular weight is 215 g/mol. The van der Waals surface area contributed by atoms with Gasteiger partial charge >= 0.3 is 0 Å². The van der Waals surface area contributed by atoms with E-state index in [1.165, 1.54) is 0 Å². The van der Waals surface area contributed by atoms with Gasteiger partial charge in [0.25, 0.3) is 0 Å². The molecule has 0 spiro atoms. The average Bonchev–Trinajstić information content (AvgIpc) is 2.16. The van der Waals surface area contributed by atoms with Gasteiger partial charge in [0.05, 0.1) is 11.1 Å². The molecule has 0 amide bonds. The number of hydrogen-bond acceptors (Lipinski definition) is 3. The van der Waals surface area contributed by atoms with Gasteiger partial charge in [-0.1, -0.05) is 23.7 Å². The van der Waals surface area contributed by atoms with Gasteiger partial charge in [-0.3, -0.25) is 5.32 Å². The molecule has 14 heavy (non-hydrogen) atoms. The Morgan fingerprint density at radius 1 is 1.43 bits per heavy atom. The summed E-state index contributed by atoms with van der Waals surface area (Å²) < 4.78 is 5.59. The first-order valence-corrected chi connectivity index (χ1v) is 4.87. The van der Waals surface area contributed by atoms with Crippen molar-refractivity contribution >= 4 is 11.6 Å². The first-order chi connectivity index (χ1) is 6.65. The van der Waals surface area contributed by atoms with E-state index in [0.29, 0.717) is 10.8 Å². The normalized spacial score (nSPS) is 14.9. The largest absolute Gasteiger partial charge is 0.472 e. The van der Waals surface area contributed by atoms with Gasteiger partial charge in [0, 0.05) is 0 Å². The van der Waals surface area contributed by atoms with Crippen LogP contribution in [0.4, 0.5) is 0 Å². The quantitative estimate of drug-likeness (QED) is 0.749. The molecule has 0 saturated heterocycles. The minimum atomic E-state index is -0.227. The van der Waals surface area contributed by atoms with E-state index in [0.717, 1.165) is 0 Å². The van der Waals surface area contributed by atoms with Crippen molar-refractivity contribution in [2.75, 3.05) is 7.05 Å². The molecule has 1 aromatic carbocycles. The number of ether oxygens (including phenoxy) is 1. The monoisotopic (exact) mass is 214 g/mol. The van der Waals surface area contributed by atoms with Crippen molar-refractivity contribution in [3.05, 3.63) is 29.3 Å². The van der Waals surface area contributed by atoms with Gasteiger partial charge in [-0.2, -0.15) is 0 Å². The van der Waals surface area contributed by atoms with Crippen molar-refractivity contribution in [3.63, 3.8) is 0 Å². The molecule has 3 nitrogen and oxygen atoms in total. The first kappa shape index (κ1) is 11.3. The van der Waals surface area contributed by atoms with Crippen LogP contribution in [0.1, 0.15) is 6.92 Å². The Hall–Kier alpha value is -0.770. The molecule has 2 atom stereocenters. The number of nitrogens with one attached hydrogen (secondary N) is 1. The molecule has 0 heterocycles. The van der Waals surface area contributed by atoms with Crippen LogP contribution in [0, 0.1) is 0 Å². The number of likely N-dealkylation sites (N-methyl/N-ethyl adjacent to an activating group) is 1. The summed E-state index contributed by atoms with van der Waals surface area (Å²) in [5, 5.41) is 3.56. The lowest BCUT2D eigenvalue weighted by Gasteiger charge is -2.22. The SMILES string of the molecule is CN[C@H](Oc1ccccc1Cl)C(C)N. The van der Waals surface area contributed by atoms with Crippen molar-refractivity contribution in [2.45, 2.75) is 19.2 Å². The van der Waals surface area contributed by atoms with Gasteiger partial charge in [-0.15, -0.1) is 0 Å². The molecule has 1 unspecified atom stereocenters. The topological polar surface area (TPSA) is 47.3 Å². The van der Waals surface area contributed by atoms with Crippen LogP contribution in [-0.4, -0.2) is 19.3 Å². The molecule has 4 heteroatoms. The van der Waals surface area contributed by atoms with Crippen LogP contribution in [0.25, 0.3) is 0 Å². The lowest BCUT2D eigenvalue weighted by Crippen LogP contribution is -2.45. The van der Waals surface area contributed by atoms with Crippen LogP contribution >= 0.6 is 11.6 Å². The zero-order chi connectivity index (χ0) is 10.6. The van der Waals surface area contributed by atoms with Crippen LogP contribution in [0.2, 0.25) is 5.02 Å². The van der Waals surface area contributed by atoms with E-state index in [9.17, 15) is 0 Å². The number of para-hydroxylation sites is 1. The maximum atomic E-state index is 5.94. The number of hydrogen-bond donors (Lipinski definition) is 2. The van der Waals surface area contributed by atoms with Crippen LogP contribution in [-0.2, 0) is 0 Å². The second kappa shape index (κ2) is 5.20. The van der Waals surface area contributed by atoms with E-state index in [-0.39, 0.29) is 12.3 Å². The first-order valence-electron chi connectivity index (χ1n) is 4.49. The summed E-state index contributed by atoms with van der Waals surface area (Å²) in [6.07, 6.45) is -0.227. The molecule has 0 saturated carbocycles. The Kier molecular flexibility index (Phi) is 4.20. The third-order valence-electron chi connectivity index (χ3n) is 1.85. The Balaban J connectivity index is 2.72. The van der Waals surface area contributed by atoms with Crippen LogP contribution in [0.15, 0.2) is 24.3 Å². The van der Waals surface area contributed by atoms with Crippen molar-refractivity contribution < 1.29 is 4.74 Å². The highest BCUT2D eigenvalue weighted by Crippen LogP contribution is 2.24. The maximum Gasteiger partial charge on any atom is 0.164 e. The van der Waals surface area contributed by atoms with E-state index in [4.69, 9.17) is 22.1 Å². The van der Waals surface area contributed by atoms with Gasteiger partial charge in [0.1, 0.15) is 5.75 Å². The molecule has 0 aliphatic rings. The molecular formula is C10H15ClN2O. The van der Waals surface area contributed by atoms with Crippen LogP contribution < -0.4 is 15.8 Å². The van der Waals surface area contributed by atoms with E-state index in [2.05, 4.69) is 5.32 Å². The Bertz CT molecular complexity index is 291. The summed E-state index contributed by atoms with van der Waals surface area (Å²) in [6.45, 7) is 1.87. The lowest BCUT2D eigenvalue weighted by molar-refractivity contribution is 0.150. The summed E-state index contributed by atoms with van der Waals surface area (Å²) in [5.41, 5.74) is 5.71. The van der Waals surface area contributed by atoms with E-state index >= 15 is 0 Å². The predicted octanol–water partition coefficient (Wildman–Crippen LogP) is 1.61. The fourth-order valence-corrected chi connectivity index (χ4v) is 1.29. The number of benzene rings is 1. The smallest absolute Gasteiger partial charge is 0.164 e. The highest BCUT2D eigenvalue weighted by atomic mass is 35.5. The molecule has 1 aromatic rings. The lowest BCUT2D eigenvalue weighted by atomic mass is 10.3. The van der Waals surface area contributed by atoms with Crippen molar-refractivity contribution in [1.29, 1.82) is 0 Å². The van der Waals surface area contributed by atoms with Gasteiger partial charge in [0.15, 0.2) is 6.23 Å². The molecule has 0 aromatic heterocycles. The summed E-state index contributed by atoms with van der Waals surface area (Å²) in [6, 6.07) is 7.22. The molecule has 0 radical (unpaired) electrons. The highest BCUT2D eigenvalue weighted by molar-refractivity contribution is 6.32. The molecule has 0 fully saturated rings. The fraction of sp³-hybridized carbons (Fsp3) is 0.400. The summed E-state index contributed by atoms with van der Waals surface area (Å²) in [7, 11) is 1.80. The summed E-state index contributed by atoms with van der Waals surface area (Å²) in [4.78, 5) is 0. The Morgan fingerprint density at radius 3 is 2.57 bits per heavy atom. The molecule has 0 aliphatic carbocycles. The minimum Gasteiger partial charge on any atom is -0.472 e. The third kappa shape index (κ3) is 2.87. The Labute approximate surface area is 89.2 Å². The second-order valence-electron chi connectivity index (χ2n) is 3.12. The van der Waals surface area contributed by atoms with E-state index < -0.39 is 0 Å². The van der Waals surface area contributed by atoms with Crippen molar-refractivity contribution in [2.24, 2.45) is 5.73 Å². The Morgan fingerprint density at radius 2 is 2.07 bits per heavy atom. The third-order valence-corrected chi connectivity index (χ3v) is 2.16. The van der Waals surface area contributed by atoms with Gasteiger partial charge in [0.2, 0.25) is 0 Å². The maximum absolute atomic E-state index is 5.94.